The zero-order chi connectivity index (χ0) is 20.1. The van der Waals surface area contributed by atoms with Crippen molar-refractivity contribution in [1.29, 1.82) is 0 Å². The van der Waals surface area contributed by atoms with E-state index in [1.165, 1.54) is 11.3 Å². The third-order valence-electron chi connectivity index (χ3n) is 5.70. The smallest absolute Gasteiger partial charge is 0.256 e. The second-order valence-corrected chi connectivity index (χ2v) is 7.52. The first-order valence-corrected chi connectivity index (χ1v) is 10.5. The number of morpholine rings is 1. The van der Waals surface area contributed by atoms with E-state index in [9.17, 15) is 4.79 Å². The van der Waals surface area contributed by atoms with Gasteiger partial charge in [0.1, 0.15) is 0 Å². The Morgan fingerprint density at radius 1 is 1.03 bits per heavy atom. The number of hydrogen-bond acceptors (Lipinski definition) is 3. The van der Waals surface area contributed by atoms with Crippen LogP contribution in [0.4, 0.5) is 5.69 Å². The van der Waals surface area contributed by atoms with Gasteiger partial charge in [0.2, 0.25) is 0 Å². The number of rotatable bonds is 7. The van der Waals surface area contributed by atoms with E-state index in [1.54, 1.807) is 0 Å². The summed E-state index contributed by atoms with van der Waals surface area (Å²) in [6.45, 7) is 3.50. The van der Waals surface area contributed by atoms with Gasteiger partial charge in [0, 0.05) is 49.5 Å². The number of benzene rings is 2. The number of unbranched alkanes of at least 4 members (excludes halogenated alkanes) is 1. The highest BCUT2D eigenvalue weighted by Gasteiger charge is 2.22. The Labute approximate surface area is 172 Å². The van der Waals surface area contributed by atoms with Gasteiger partial charge < -0.3 is 19.5 Å². The van der Waals surface area contributed by atoms with Crippen molar-refractivity contribution in [3.8, 4) is 0 Å². The third-order valence-corrected chi connectivity index (χ3v) is 5.70. The summed E-state index contributed by atoms with van der Waals surface area (Å²) >= 11 is 0. The Bertz CT molecular complexity index is 973. The van der Waals surface area contributed by atoms with Crippen LogP contribution >= 0.6 is 0 Å². The molecule has 0 saturated carbocycles. The highest BCUT2D eigenvalue weighted by atomic mass is 16.5. The lowest BCUT2D eigenvalue weighted by Gasteiger charge is -2.26. The second kappa shape index (κ2) is 9.14. The minimum atomic E-state index is 0.117. The van der Waals surface area contributed by atoms with Gasteiger partial charge in [-0.15, -0.1) is 0 Å². The van der Waals surface area contributed by atoms with E-state index in [-0.39, 0.29) is 5.91 Å². The molecule has 2 aromatic carbocycles. The largest absolute Gasteiger partial charge is 0.388 e. The Balaban J connectivity index is 1.45. The molecule has 29 heavy (non-hydrogen) atoms. The summed E-state index contributed by atoms with van der Waals surface area (Å²) in [5, 5.41) is 4.31. The first-order valence-electron chi connectivity index (χ1n) is 10.5. The van der Waals surface area contributed by atoms with Gasteiger partial charge in [-0.2, -0.15) is 0 Å². The molecular weight excluding hydrogens is 362 g/mol. The maximum absolute atomic E-state index is 13.1. The van der Waals surface area contributed by atoms with Gasteiger partial charge in [0.25, 0.3) is 5.91 Å². The minimum absolute atomic E-state index is 0.117. The van der Waals surface area contributed by atoms with Crippen LogP contribution in [0.25, 0.3) is 10.9 Å². The molecular formula is C24H29N3O2. The highest BCUT2D eigenvalue weighted by molar-refractivity contribution is 6.07. The fourth-order valence-electron chi connectivity index (χ4n) is 4.12. The molecule has 5 heteroatoms. The number of aryl methyl sites for hydroxylation is 2. The molecule has 5 nitrogen and oxygen atoms in total. The topological polar surface area (TPSA) is 46.5 Å². The lowest BCUT2D eigenvalue weighted by molar-refractivity contribution is 0.0304. The van der Waals surface area contributed by atoms with Crippen molar-refractivity contribution in [3.05, 3.63) is 65.9 Å². The van der Waals surface area contributed by atoms with E-state index >= 15 is 0 Å². The van der Waals surface area contributed by atoms with E-state index in [0.29, 0.717) is 26.3 Å². The number of fused-ring (bicyclic) bond motifs is 1. The van der Waals surface area contributed by atoms with Crippen LogP contribution in [0.5, 0.6) is 0 Å². The van der Waals surface area contributed by atoms with Crippen LogP contribution in [-0.4, -0.2) is 48.7 Å². The number of nitrogens with zero attached hydrogens (tertiary/aromatic N) is 2. The van der Waals surface area contributed by atoms with Crippen LogP contribution in [0.2, 0.25) is 0 Å². The van der Waals surface area contributed by atoms with Crippen molar-refractivity contribution < 1.29 is 9.53 Å². The third kappa shape index (κ3) is 4.30. The molecule has 1 amide bonds. The number of para-hydroxylation sites is 2. The average Bonchev–Trinajstić information content (AvgIpc) is 3.16. The predicted molar refractivity (Wildman–Crippen MR) is 118 cm³/mol. The molecule has 152 valence electrons. The van der Waals surface area contributed by atoms with Gasteiger partial charge in [-0.05, 0) is 37.0 Å². The summed E-state index contributed by atoms with van der Waals surface area (Å²) in [5.41, 5.74) is 4.51. The molecule has 0 radical (unpaired) electrons. The molecule has 1 N–H and O–H groups in total. The maximum atomic E-state index is 13.1. The molecule has 1 aliphatic rings. The number of anilines is 1. The Morgan fingerprint density at radius 2 is 1.79 bits per heavy atom. The van der Waals surface area contributed by atoms with Crippen molar-refractivity contribution in [2.45, 2.75) is 25.8 Å². The van der Waals surface area contributed by atoms with Gasteiger partial charge in [0.05, 0.1) is 18.8 Å². The monoisotopic (exact) mass is 391 g/mol. The number of aromatic nitrogens is 1. The van der Waals surface area contributed by atoms with Crippen LogP contribution < -0.4 is 5.32 Å². The Kier molecular flexibility index (Phi) is 6.15. The quantitative estimate of drug-likeness (QED) is 0.615. The number of amides is 1. The van der Waals surface area contributed by atoms with Crippen LogP contribution in [0.15, 0.2) is 54.7 Å². The van der Waals surface area contributed by atoms with Crippen LogP contribution in [-0.2, 0) is 17.7 Å². The first-order chi connectivity index (χ1) is 14.3. The highest BCUT2D eigenvalue weighted by Crippen LogP contribution is 2.24. The average molecular weight is 392 g/mol. The zero-order valence-electron chi connectivity index (χ0n) is 17.1. The standard InChI is InChI=1S/C24H29N3O2/c1-25-22-11-4-2-8-19(22)9-6-7-13-27-18-21(20-10-3-5-12-23(20)27)24(28)26-14-16-29-17-15-26/h2-5,8,10-12,18,25H,6-7,9,13-17H2,1H3. The van der Waals surface area contributed by atoms with Crippen LogP contribution in [0.3, 0.4) is 0 Å². The summed E-state index contributed by atoms with van der Waals surface area (Å²) in [7, 11) is 1.97. The molecule has 3 aromatic rings. The Hall–Kier alpha value is -2.79. The van der Waals surface area contributed by atoms with E-state index in [2.05, 4.69) is 46.3 Å². The van der Waals surface area contributed by atoms with Gasteiger partial charge in [0.15, 0.2) is 0 Å². The minimum Gasteiger partial charge on any atom is -0.388 e. The molecule has 2 heterocycles. The lowest BCUT2D eigenvalue weighted by atomic mass is 10.1. The van der Waals surface area contributed by atoms with Gasteiger partial charge >= 0.3 is 0 Å². The lowest BCUT2D eigenvalue weighted by Crippen LogP contribution is -2.40. The van der Waals surface area contributed by atoms with Crippen LogP contribution in [0.1, 0.15) is 28.8 Å². The summed E-state index contributed by atoms with van der Waals surface area (Å²) in [4.78, 5) is 15.0. The second-order valence-electron chi connectivity index (χ2n) is 7.52. The summed E-state index contributed by atoms with van der Waals surface area (Å²) in [6.07, 6.45) is 5.28. The molecule has 0 atom stereocenters. The maximum Gasteiger partial charge on any atom is 0.256 e. The van der Waals surface area contributed by atoms with E-state index in [0.717, 1.165) is 42.3 Å². The normalized spacial score (nSPS) is 14.3. The number of carbonyl (C=O) groups excluding carboxylic acids is 1. The molecule has 1 fully saturated rings. The predicted octanol–water partition coefficient (Wildman–Crippen LogP) is 4.18. The number of carbonyl (C=O) groups is 1. The number of hydrogen-bond donors (Lipinski definition) is 1. The molecule has 1 aromatic heterocycles. The summed E-state index contributed by atoms with van der Waals surface area (Å²) in [5.74, 6) is 0.117. The van der Waals surface area contributed by atoms with Crippen molar-refractivity contribution in [2.75, 3.05) is 38.7 Å². The summed E-state index contributed by atoms with van der Waals surface area (Å²) in [6, 6.07) is 16.7. The molecule has 4 rings (SSSR count). The molecule has 0 spiro atoms. The fraction of sp³-hybridized carbons (Fsp3) is 0.375. The van der Waals surface area contributed by atoms with Gasteiger partial charge in [-0.25, -0.2) is 0 Å². The molecule has 1 saturated heterocycles. The van der Waals surface area contributed by atoms with E-state index < -0.39 is 0 Å². The van der Waals surface area contributed by atoms with Crippen molar-refractivity contribution in [3.63, 3.8) is 0 Å². The SMILES string of the molecule is CNc1ccccc1CCCCn1cc(C(=O)N2CCOCC2)c2ccccc21. The summed E-state index contributed by atoms with van der Waals surface area (Å²) < 4.78 is 7.64. The molecule has 1 aliphatic heterocycles. The van der Waals surface area contributed by atoms with Gasteiger partial charge in [-0.1, -0.05) is 36.4 Å². The van der Waals surface area contributed by atoms with Crippen molar-refractivity contribution >= 4 is 22.5 Å². The zero-order valence-corrected chi connectivity index (χ0v) is 17.1. The molecule has 0 aliphatic carbocycles. The van der Waals surface area contributed by atoms with Crippen molar-refractivity contribution in [2.24, 2.45) is 0 Å². The Morgan fingerprint density at radius 3 is 2.62 bits per heavy atom. The van der Waals surface area contributed by atoms with Crippen molar-refractivity contribution in [1.82, 2.24) is 9.47 Å². The number of ether oxygens (including phenoxy) is 1. The number of nitrogens with one attached hydrogen (secondary N) is 1. The van der Waals surface area contributed by atoms with E-state index in [4.69, 9.17) is 4.74 Å². The van der Waals surface area contributed by atoms with E-state index in [1.807, 2.05) is 30.3 Å². The van der Waals surface area contributed by atoms with Crippen LogP contribution in [0, 0.1) is 0 Å². The fourth-order valence-corrected chi connectivity index (χ4v) is 4.12. The molecule has 0 unspecified atom stereocenters. The first kappa shape index (κ1) is 19.5. The molecule has 0 bridgehead atoms. The van der Waals surface area contributed by atoms with Gasteiger partial charge in [-0.3, -0.25) is 4.79 Å².